The van der Waals surface area contributed by atoms with Crippen molar-refractivity contribution in [2.24, 2.45) is 17.0 Å². The van der Waals surface area contributed by atoms with E-state index in [1.165, 1.54) is 12.1 Å². The van der Waals surface area contributed by atoms with Crippen LogP contribution in [-0.4, -0.2) is 27.4 Å². The number of carbonyl (C=O) groups excluding carboxylic acids is 1. The van der Waals surface area contributed by atoms with Gasteiger partial charge in [0.05, 0.1) is 4.90 Å². The minimum atomic E-state index is -3.77. The first-order chi connectivity index (χ1) is 9.29. The smallest absolute Gasteiger partial charge is 0.238 e. The summed E-state index contributed by atoms with van der Waals surface area (Å²) in [6.07, 6.45) is 0. The molecule has 7 heteroatoms. The van der Waals surface area contributed by atoms with E-state index in [-0.39, 0.29) is 16.7 Å². The molecule has 1 saturated heterocycles. The van der Waals surface area contributed by atoms with Crippen LogP contribution in [-0.2, 0) is 14.8 Å². The molecule has 20 heavy (non-hydrogen) atoms. The number of amides is 1. The molecule has 1 aromatic carbocycles. The lowest BCUT2D eigenvalue weighted by Gasteiger charge is -2.31. The summed E-state index contributed by atoms with van der Waals surface area (Å²) in [6.45, 7) is 5.35. The third-order valence-corrected chi connectivity index (χ3v) is 4.64. The normalized spacial score (nSPS) is 17.4. The van der Waals surface area contributed by atoms with Crippen LogP contribution in [0.25, 0.3) is 0 Å². The molecule has 0 bridgehead atoms. The standard InChI is InChI=1S/C13H19N3O3S/c1-8-3-4-11(20(14,18)19)5-12(8)16-13(17)9(2)10-6-15-7-10/h3-5,9-10,15H,6-7H2,1-2H3,(H,16,17)(H2,14,18,19). The molecule has 1 aliphatic heterocycles. The highest BCUT2D eigenvalue weighted by Crippen LogP contribution is 2.22. The number of primary sulfonamides is 1. The van der Waals surface area contributed by atoms with Gasteiger partial charge in [-0.1, -0.05) is 13.0 Å². The Morgan fingerprint density at radius 2 is 2.10 bits per heavy atom. The zero-order valence-electron chi connectivity index (χ0n) is 11.5. The Labute approximate surface area is 118 Å². The molecule has 0 aromatic heterocycles. The van der Waals surface area contributed by atoms with E-state index in [2.05, 4.69) is 10.6 Å². The lowest BCUT2D eigenvalue weighted by atomic mass is 9.88. The average molecular weight is 297 g/mol. The zero-order chi connectivity index (χ0) is 14.9. The Hall–Kier alpha value is -1.44. The van der Waals surface area contributed by atoms with Crippen molar-refractivity contribution < 1.29 is 13.2 Å². The Balaban J connectivity index is 2.18. The van der Waals surface area contributed by atoms with Gasteiger partial charge < -0.3 is 10.6 Å². The number of carbonyl (C=O) groups is 1. The quantitative estimate of drug-likeness (QED) is 0.750. The number of hydrogen-bond acceptors (Lipinski definition) is 4. The first kappa shape index (κ1) is 15.0. The third-order valence-electron chi connectivity index (χ3n) is 3.73. The summed E-state index contributed by atoms with van der Waals surface area (Å²) in [5.41, 5.74) is 1.28. The summed E-state index contributed by atoms with van der Waals surface area (Å²) in [4.78, 5) is 12.1. The lowest BCUT2D eigenvalue weighted by Crippen LogP contribution is -2.48. The number of nitrogens with one attached hydrogen (secondary N) is 2. The maximum Gasteiger partial charge on any atom is 0.238 e. The monoisotopic (exact) mass is 297 g/mol. The highest BCUT2D eigenvalue weighted by atomic mass is 32.2. The van der Waals surface area contributed by atoms with E-state index < -0.39 is 10.0 Å². The molecule has 1 heterocycles. The third kappa shape index (κ3) is 3.17. The molecule has 4 N–H and O–H groups in total. The first-order valence-electron chi connectivity index (χ1n) is 6.44. The molecular formula is C13H19N3O3S. The molecule has 1 fully saturated rings. The van der Waals surface area contributed by atoms with Crippen LogP contribution in [0.3, 0.4) is 0 Å². The fraction of sp³-hybridized carbons (Fsp3) is 0.462. The van der Waals surface area contributed by atoms with Gasteiger partial charge >= 0.3 is 0 Å². The van der Waals surface area contributed by atoms with Crippen molar-refractivity contribution in [3.8, 4) is 0 Å². The van der Waals surface area contributed by atoms with Crippen molar-refractivity contribution in [2.75, 3.05) is 18.4 Å². The van der Waals surface area contributed by atoms with Gasteiger partial charge in [-0.25, -0.2) is 13.6 Å². The number of rotatable bonds is 4. The van der Waals surface area contributed by atoms with E-state index in [0.29, 0.717) is 11.6 Å². The second-order valence-electron chi connectivity index (χ2n) is 5.22. The van der Waals surface area contributed by atoms with E-state index in [1.54, 1.807) is 13.0 Å². The van der Waals surface area contributed by atoms with Crippen LogP contribution in [0.1, 0.15) is 12.5 Å². The maximum absolute atomic E-state index is 12.1. The van der Waals surface area contributed by atoms with Crippen LogP contribution in [0.4, 0.5) is 5.69 Å². The molecule has 110 valence electrons. The topological polar surface area (TPSA) is 101 Å². The Kier molecular flexibility index (Phi) is 4.12. The minimum Gasteiger partial charge on any atom is -0.326 e. The van der Waals surface area contributed by atoms with Crippen LogP contribution in [0.15, 0.2) is 23.1 Å². The van der Waals surface area contributed by atoms with E-state index in [1.807, 2.05) is 6.92 Å². The average Bonchev–Trinajstić information content (AvgIpc) is 2.28. The predicted molar refractivity (Wildman–Crippen MR) is 76.7 cm³/mol. The molecular weight excluding hydrogens is 278 g/mol. The molecule has 1 aromatic rings. The van der Waals surface area contributed by atoms with Crippen molar-refractivity contribution in [3.63, 3.8) is 0 Å². The molecule has 0 aliphatic carbocycles. The highest BCUT2D eigenvalue weighted by molar-refractivity contribution is 7.89. The number of aryl methyl sites for hydroxylation is 1. The summed E-state index contributed by atoms with van der Waals surface area (Å²) in [6, 6.07) is 4.46. The molecule has 1 atom stereocenters. The predicted octanol–water partition coefficient (Wildman–Crippen LogP) is 0.436. The van der Waals surface area contributed by atoms with Crippen molar-refractivity contribution in [2.45, 2.75) is 18.7 Å². The minimum absolute atomic E-state index is 0.00337. The second kappa shape index (κ2) is 5.51. The van der Waals surface area contributed by atoms with Gasteiger partial charge in [-0.15, -0.1) is 0 Å². The molecule has 2 rings (SSSR count). The summed E-state index contributed by atoms with van der Waals surface area (Å²) < 4.78 is 22.7. The second-order valence-corrected chi connectivity index (χ2v) is 6.78. The van der Waals surface area contributed by atoms with Gasteiger partial charge in [0.15, 0.2) is 0 Å². The fourth-order valence-electron chi connectivity index (χ4n) is 2.04. The molecule has 0 saturated carbocycles. The van der Waals surface area contributed by atoms with Gasteiger partial charge in [0.25, 0.3) is 0 Å². The van der Waals surface area contributed by atoms with E-state index in [9.17, 15) is 13.2 Å². The van der Waals surface area contributed by atoms with Crippen LogP contribution in [0.2, 0.25) is 0 Å². The SMILES string of the molecule is Cc1ccc(S(N)(=O)=O)cc1NC(=O)C(C)C1CNC1. The van der Waals surface area contributed by atoms with E-state index in [0.717, 1.165) is 18.7 Å². The molecule has 6 nitrogen and oxygen atoms in total. The molecule has 0 radical (unpaired) electrons. The number of hydrogen-bond donors (Lipinski definition) is 3. The molecule has 1 amide bonds. The Morgan fingerprint density at radius 1 is 1.45 bits per heavy atom. The van der Waals surface area contributed by atoms with Crippen molar-refractivity contribution in [1.82, 2.24) is 5.32 Å². The number of anilines is 1. The van der Waals surface area contributed by atoms with Crippen molar-refractivity contribution >= 4 is 21.6 Å². The molecule has 1 unspecified atom stereocenters. The van der Waals surface area contributed by atoms with E-state index in [4.69, 9.17) is 5.14 Å². The van der Waals surface area contributed by atoms with Gasteiger partial charge in [-0.05, 0) is 43.6 Å². The van der Waals surface area contributed by atoms with Crippen LogP contribution in [0.5, 0.6) is 0 Å². The van der Waals surface area contributed by atoms with Gasteiger partial charge in [0.1, 0.15) is 0 Å². The number of sulfonamides is 1. The largest absolute Gasteiger partial charge is 0.326 e. The number of benzene rings is 1. The lowest BCUT2D eigenvalue weighted by molar-refractivity contribution is -0.121. The fourth-order valence-corrected chi connectivity index (χ4v) is 2.58. The number of nitrogens with two attached hydrogens (primary N) is 1. The highest BCUT2D eigenvalue weighted by Gasteiger charge is 2.29. The summed E-state index contributed by atoms with van der Waals surface area (Å²) in [7, 11) is -3.77. The summed E-state index contributed by atoms with van der Waals surface area (Å²) in [5, 5.41) is 11.0. The zero-order valence-corrected chi connectivity index (χ0v) is 12.3. The molecule has 1 aliphatic rings. The summed E-state index contributed by atoms with van der Waals surface area (Å²) >= 11 is 0. The Bertz CT molecular complexity index is 624. The van der Waals surface area contributed by atoms with Gasteiger partial charge in [0.2, 0.25) is 15.9 Å². The van der Waals surface area contributed by atoms with Crippen molar-refractivity contribution in [3.05, 3.63) is 23.8 Å². The van der Waals surface area contributed by atoms with E-state index >= 15 is 0 Å². The van der Waals surface area contributed by atoms with Gasteiger partial charge in [0, 0.05) is 11.6 Å². The van der Waals surface area contributed by atoms with Gasteiger partial charge in [-0.3, -0.25) is 4.79 Å². The van der Waals surface area contributed by atoms with Crippen LogP contribution in [0, 0.1) is 18.8 Å². The van der Waals surface area contributed by atoms with Crippen molar-refractivity contribution in [1.29, 1.82) is 0 Å². The molecule has 0 spiro atoms. The first-order valence-corrected chi connectivity index (χ1v) is 7.98. The van der Waals surface area contributed by atoms with Crippen LogP contribution < -0.4 is 15.8 Å². The summed E-state index contributed by atoms with van der Waals surface area (Å²) in [5.74, 6) is 0.108. The maximum atomic E-state index is 12.1. The Morgan fingerprint density at radius 3 is 2.60 bits per heavy atom. The van der Waals surface area contributed by atoms with Crippen LogP contribution >= 0.6 is 0 Å². The van der Waals surface area contributed by atoms with Gasteiger partial charge in [-0.2, -0.15) is 0 Å².